The van der Waals surface area contributed by atoms with Gasteiger partial charge in [-0.2, -0.15) is 0 Å². The summed E-state index contributed by atoms with van der Waals surface area (Å²) in [7, 11) is 0. The zero-order valence-electron chi connectivity index (χ0n) is 9.88. The van der Waals surface area contributed by atoms with Crippen LogP contribution < -0.4 is 17.0 Å². The van der Waals surface area contributed by atoms with Crippen molar-refractivity contribution in [3.05, 3.63) is 30.1 Å². The van der Waals surface area contributed by atoms with Crippen LogP contribution in [0.2, 0.25) is 0 Å². The van der Waals surface area contributed by atoms with Crippen molar-refractivity contribution >= 4 is 0 Å². The monoisotopic (exact) mass is 227 g/mol. The first kappa shape index (κ1) is 14.4. The number of aromatic nitrogens is 1. The minimum absolute atomic E-state index is 0. The van der Waals surface area contributed by atoms with Crippen molar-refractivity contribution in [3.63, 3.8) is 0 Å². The van der Waals surface area contributed by atoms with Crippen molar-refractivity contribution in [1.29, 1.82) is 0 Å². The van der Waals surface area contributed by atoms with Crippen LogP contribution in [0.4, 0.5) is 0 Å². The predicted molar refractivity (Wildman–Crippen MR) is 60.2 cm³/mol. The zero-order valence-corrected chi connectivity index (χ0v) is 10.6. The molecule has 0 atom stereocenters. The standard InChI is InChI=1S/C13H22N.ClH/c1-3-5-7-11-14-12-8-6-10-13(14)9-4-2;/h6,8,10,12H,3-5,7,9,11H2,1-2H3;1H/q+1;/p-1. The first-order chi connectivity index (χ1) is 6.88. The largest absolute Gasteiger partial charge is 1.00 e. The number of hydrogen-bond acceptors (Lipinski definition) is 0. The smallest absolute Gasteiger partial charge is 0.181 e. The van der Waals surface area contributed by atoms with Crippen LogP contribution in [0.5, 0.6) is 0 Å². The Morgan fingerprint density at radius 3 is 2.53 bits per heavy atom. The molecule has 0 aliphatic carbocycles. The molecule has 2 heteroatoms. The number of aryl methyl sites for hydroxylation is 2. The molecule has 1 aromatic heterocycles. The van der Waals surface area contributed by atoms with Gasteiger partial charge in [-0.15, -0.1) is 0 Å². The summed E-state index contributed by atoms with van der Waals surface area (Å²) in [6.07, 6.45) is 8.59. The summed E-state index contributed by atoms with van der Waals surface area (Å²) in [5, 5.41) is 0. The fraction of sp³-hybridized carbons (Fsp3) is 0.615. The van der Waals surface area contributed by atoms with Gasteiger partial charge >= 0.3 is 0 Å². The van der Waals surface area contributed by atoms with Crippen LogP contribution in [0.3, 0.4) is 0 Å². The maximum Gasteiger partial charge on any atom is 0.181 e. The van der Waals surface area contributed by atoms with E-state index in [-0.39, 0.29) is 12.4 Å². The summed E-state index contributed by atoms with van der Waals surface area (Å²) >= 11 is 0. The van der Waals surface area contributed by atoms with Crippen LogP contribution >= 0.6 is 0 Å². The first-order valence-electron chi connectivity index (χ1n) is 5.85. The summed E-state index contributed by atoms with van der Waals surface area (Å²) in [6, 6.07) is 6.52. The van der Waals surface area contributed by atoms with Gasteiger partial charge in [-0.05, 0) is 12.8 Å². The van der Waals surface area contributed by atoms with Crippen molar-refractivity contribution in [2.45, 2.75) is 52.5 Å². The number of rotatable bonds is 6. The second-order valence-electron chi connectivity index (χ2n) is 3.84. The fourth-order valence-electron chi connectivity index (χ4n) is 1.75. The van der Waals surface area contributed by atoms with Crippen molar-refractivity contribution in [3.8, 4) is 0 Å². The molecule has 1 heterocycles. The van der Waals surface area contributed by atoms with E-state index in [0.29, 0.717) is 0 Å². The molecule has 0 aromatic carbocycles. The normalized spacial score (nSPS) is 9.73. The Bertz CT molecular complexity index is 260. The summed E-state index contributed by atoms with van der Waals surface area (Å²) in [6.45, 7) is 5.68. The molecule has 0 unspecified atom stereocenters. The van der Waals surface area contributed by atoms with E-state index in [9.17, 15) is 0 Å². The second-order valence-corrected chi connectivity index (χ2v) is 3.84. The third kappa shape index (κ3) is 5.17. The average molecular weight is 228 g/mol. The van der Waals surface area contributed by atoms with Crippen LogP contribution in [-0.4, -0.2) is 0 Å². The molecule has 0 radical (unpaired) electrons. The van der Waals surface area contributed by atoms with E-state index in [0.717, 1.165) is 0 Å². The number of halogens is 1. The number of nitrogens with zero attached hydrogens (tertiary/aromatic N) is 1. The van der Waals surface area contributed by atoms with E-state index in [1.807, 2.05) is 0 Å². The molecule has 0 N–H and O–H groups in total. The molecule has 0 saturated heterocycles. The third-order valence-electron chi connectivity index (χ3n) is 2.54. The van der Waals surface area contributed by atoms with Gasteiger partial charge in [0.1, 0.15) is 6.54 Å². The Morgan fingerprint density at radius 1 is 1.07 bits per heavy atom. The number of hydrogen-bond donors (Lipinski definition) is 0. The van der Waals surface area contributed by atoms with E-state index in [1.165, 1.54) is 44.3 Å². The molecular formula is C13H22ClN. The van der Waals surface area contributed by atoms with Gasteiger partial charge in [-0.3, -0.25) is 0 Å². The highest BCUT2D eigenvalue weighted by Crippen LogP contribution is 1.99. The lowest BCUT2D eigenvalue weighted by Crippen LogP contribution is -3.00. The molecule has 0 aliphatic rings. The molecule has 0 aliphatic heterocycles. The second kappa shape index (κ2) is 8.72. The minimum Gasteiger partial charge on any atom is -1.00 e. The predicted octanol–water partition coefficient (Wildman–Crippen LogP) is 0.121. The Hall–Kier alpha value is -0.560. The SMILES string of the molecule is CCCCC[n+]1ccccc1CCC.[Cl-]. The van der Waals surface area contributed by atoms with E-state index < -0.39 is 0 Å². The lowest BCUT2D eigenvalue weighted by molar-refractivity contribution is -0.704. The number of unbranched alkanes of at least 4 members (excludes halogenated alkanes) is 2. The van der Waals surface area contributed by atoms with Crippen molar-refractivity contribution in [1.82, 2.24) is 0 Å². The molecular weight excluding hydrogens is 206 g/mol. The molecule has 0 fully saturated rings. The van der Waals surface area contributed by atoms with E-state index in [4.69, 9.17) is 0 Å². The molecule has 1 rings (SSSR count). The highest BCUT2D eigenvalue weighted by Gasteiger charge is 2.06. The van der Waals surface area contributed by atoms with Crippen LogP contribution in [0.15, 0.2) is 24.4 Å². The maximum atomic E-state index is 2.40. The van der Waals surface area contributed by atoms with Crippen molar-refractivity contribution < 1.29 is 17.0 Å². The van der Waals surface area contributed by atoms with Crippen molar-refractivity contribution in [2.24, 2.45) is 0 Å². The first-order valence-corrected chi connectivity index (χ1v) is 5.85. The van der Waals surface area contributed by atoms with Crippen LogP contribution in [-0.2, 0) is 13.0 Å². The van der Waals surface area contributed by atoms with E-state index >= 15 is 0 Å². The van der Waals surface area contributed by atoms with Crippen LogP contribution in [0, 0.1) is 0 Å². The summed E-state index contributed by atoms with van der Waals surface area (Å²) in [5.41, 5.74) is 1.48. The Morgan fingerprint density at radius 2 is 1.87 bits per heavy atom. The molecule has 1 aromatic rings. The molecule has 0 saturated carbocycles. The van der Waals surface area contributed by atoms with Gasteiger partial charge in [0.05, 0.1) is 0 Å². The quantitative estimate of drug-likeness (QED) is 0.480. The van der Waals surface area contributed by atoms with Gasteiger partial charge in [0.25, 0.3) is 0 Å². The van der Waals surface area contributed by atoms with Gasteiger partial charge in [-0.1, -0.05) is 26.3 Å². The fourth-order valence-corrected chi connectivity index (χ4v) is 1.75. The molecule has 86 valence electrons. The summed E-state index contributed by atoms with van der Waals surface area (Å²) < 4.78 is 2.40. The van der Waals surface area contributed by atoms with Gasteiger partial charge in [0, 0.05) is 25.0 Å². The lowest BCUT2D eigenvalue weighted by atomic mass is 10.2. The summed E-state index contributed by atoms with van der Waals surface area (Å²) in [4.78, 5) is 0. The minimum atomic E-state index is 0. The Labute approximate surface area is 99.9 Å². The highest BCUT2D eigenvalue weighted by molar-refractivity contribution is 4.97. The van der Waals surface area contributed by atoms with Gasteiger partial charge in [0.15, 0.2) is 11.9 Å². The van der Waals surface area contributed by atoms with Crippen LogP contribution in [0.1, 0.15) is 45.2 Å². The van der Waals surface area contributed by atoms with Gasteiger partial charge < -0.3 is 12.4 Å². The van der Waals surface area contributed by atoms with Gasteiger partial charge in [0.2, 0.25) is 0 Å². The third-order valence-corrected chi connectivity index (χ3v) is 2.54. The summed E-state index contributed by atoms with van der Waals surface area (Å²) in [5.74, 6) is 0. The molecule has 0 bridgehead atoms. The van der Waals surface area contributed by atoms with Gasteiger partial charge in [-0.25, -0.2) is 4.57 Å². The van der Waals surface area contributed by atoms with Crippen molar-refractivity contribution in [2.75, 3.05) is 0 Å². The number of pyridine rings is 1. The Balaban J connectivity index is 0.00000196. The molecule has 0 amide bonds. The average Bonchev–Trinajstić information content (AvgIpc) is 2.21. The Kier molecular flexibility index (Phi) is 8.40. The maximum absolute atomic E-state index is 2.40. The zero-order chi connectivity index (χ0) is 10.2. The topological polar surface area (TPSA) is 3.88 Å². The lowest BCUT2D eigenvalue weighted by Gasteiger charge is -2.01. The molecule has 0 spiro atoms. The molecule has 15 heavy (non-hydrogen) atoms. The highest BCUT2D eigenvalue weighted by atomic mass is 35.5. The van der Waals surface area contributed by atoms with E-state index in [1.54, 1.807) is 0 Å². The van der Waals surface area contributed by atoms with E-state index in [2.05, 4.69) is 42.8 Å². The molecule has 1 nitrogen and oxygen atoms in total. The van der Waals surface area contributed by atoms with Crippen LogP contribution in [0.25, 0.3) is 0 Å².